The van der Waals surface area contributed by atoms with Gasteiger partial charge in [0, 0.05) is 29.4 Å². The number of H-pyrrole nitrogens is 1. The number of benzene rings is 1. The maximum atomic E-state index is 14.3. The van der Waals surface area contributed by atoms with E-state index in [1.54, 1.807) is 36.7 Å². The molecule has 1 amide bonds. The van der Waals surface area contributed by atoms with Gasteiger partial charge in [0.1, 0.15) is 5.69 Å². The van der Waals surface area contributed by atoms with Crippen LogP contribution in [-0.4, -0.2) is 21.1 Å². The number of aromatic amines is 1. The van der Waals surface area contributed by atoms with Gasteiger partial charge in [-0.15, -0.1) is 0 Å². The molecule has 3 rings (SSSR count). The fourth-order valence-electron chi connectivity index (χ4n) is 2.22. The number of aromatic nitrogens is 3. The molecular formula is C17H14ClFN4O. The highest BCUT2D eigenvalue weighted by Crippen LogP contribution is 2.24. The second-order valence-corrected chi connectivity index (χ2v) is 5.61. The average molecular weight is 345 g/mol. The van der Waals surface area contributed by atoms with Crippen LogP contribution < -0.4 is 5.32 Å². The van der Waals surface area contributed by atoms with Crippen molar-refractivity contribution < 1.29 is 9.18 Å². The highest BCUT2D eigenvalue weighted by atomic mass is 35.5. The summed E-state index contributed by atoms with van der Waals surface area (Å²) in [5.41, 5.74) is 1.80. The number of nitrogens with zero attached hydrogens (tertiary/aromatic N) is 2. The first-order chi connectivity index (χ1) is 11.6. The number of pyridine rings is 1. The fraction of sp³-hybridized carbons (Fsp3) is 0.118. The summed E-state index contributed by atoms with van der Waals surface area (Å²) in [6, 6.07) is 10.6. The molecule has 0 bridgehead atoms. The standard InChI is InChI=1S/C17H14ClFN4O/c18-13-4-1-11(2-5-13)3-6-14(24)21-17-15(19)16(22-23-17)12-7-9-20-10-8-12/h1-2,4-5,7-10H,3,6H2,(H2,21,22,23,24). The Balaban J connectivity index is 1.63. The first kappa shape index (κ1) is 16.1. The third kappa shape index (κ3) is 3.78. The van der Waals surface area contributed by atoms with Crippen LogP contribution in [0.3, 0.4) is 0 Å². The molecule has 24 heavy (non-hydrogen) atoms. The topological polar surface area (TPSA) is 70.7 Å². The minimum absolute atomic E-state index is 0.108. The van der Waals surface area contributed by atoms with Gasteiger partial charge in [-0.05, 0) is 36.2 Å². The van der Waals surface area contributed by atoms with Gasteiger partial charge < -0.3 is 5.32 Å². The van der Waals surface area contributed by atoms with Crippen LogP contribution in [0, 0.1) is 5.82 Å². The molecule has 7 heteroatoms. The molecule has 0 spiro atoms. The van der Waals surface area contributed by atoms with Gasteiger partial charge in [-0.2, -0.15) is 5.10 Å². The summed E-state index contributed by atoms with van der Waals surface area (Å²) in [7, 11) is 0. The summed E-state index contributed by atoms with van der Waals surface area (Å²) >= 11 is 5.82. The second kappa shape index (κ2) is 7.23. The zero-order valence-electron chi connectivity index (χ0n) is 12.6. The van der Waals surface area contributed by atoms with Crippen molar-refractivity contribution >= 4 is 23.3 Å². The van der Waals surface area contributed by atoms with E-state index in [1.165, 1.54) is 0 Å². The van der Waals surface area contributed by atoms with Crippen molar-refractivity contribution in [2.45, 2.75) is 12.8 Å². The van der Waals surface area contributed by atoms with E-state index in [9.17, 15) is 9.18 Å². The number of hydrogen-bond donors (Lipinski definition) is 2. The maximum absolute atomic E-state index is 14.3. The lowest BCUT2D eigenvalue weighted by Crippen LogP contribution is -2.13. The van der Waals surface area contributed by atoms with Crippen molar-refractivity contribution in [1.82, 2.24) is 15.2 Å². The molecule has 0 radical (unpaired) electrons. The van der Waals surface area contributed by atoms with Crippen molar-refractivity contribution in [3.63, 3.8) is 0 Å². The van der Waals surface area contributed by atoms with Gasteiger partial charge >= 0.3 is 0 Å². The Morgan fingerprint density at radius 3 is 2.58 bits per heavy atom. The molecule has 3 aromatic rings. The highest BCUT2D eigenvalue weighted by Gasteiger charge is 2.16. The molecular weight excluding hydrogens is 331 g/mol. The number of aryl methyl sites for hydroxylation is 1. The van der Waals surface area contributed by atoms with Crippen molar-refractivity contribution in [1.29, 1.82) is 0 Å². The normalized spacial score (nSPS) is 10.6. The Morgan fingerprint density at radius 2 is 1.88 bits per heavy atom. The third-order valence-electron chi connectivity index (χ3n) is 3.49. The monoisotopic (exact) mass is 344 g/mol. The van der Waals surface area contributed by atoms with Gasteiger partial charge in [0.25, 0.3) is 0 Å². The molecule has 2 heterocycles. The lowest BCUT2D eigenvalue weighted by molar-refractivity contribution is -0.116. The van der Waals surface area contributed by atoms with E-state index in [-0.39, 0.29) is 23.8 Å². The molecule has 0 saturated carbocycles. The highest BCUT2D eigenvalue weighted by molar-refractivity contribution is 6.30. The van der Waals surface area contributed by atoms with Crippen LogP contribution in [0.5, 0.6) is 0 Å². The molecule has 2 aromatic heterocycles. The van der Waals surface area contributed by atoms with Gasteiger partial charge in [-0.1, -0.05) is 23.7 Å². The average Bonchev–Trinajstić information content (AvgIpc) is 2.96. The van der Waals surface area contributed by atoms with Crippen molar-refractivity contribution in [2.24, 2.45) is 0 Å². The molecule has 1 aromatic carbocycles. The Bertz CT molecular complexity index is 834. The molecule has 2 N–H and O–H groups in total. The summed E-state index contributed by atoms with van der Waals surface area (Å²) < 4.78 is 14.3. The van der Waals surface area contributed by atoms with Crippen molar-refractivity contribution in [2.75, 3.05) is 5.32 Å². The van der Waals surface area contributed by atoms with Crippen LogP contribution in [0.25, 0.3) is 11.3 Å². The van der Waals surface area contributed by atoms with Crippen LogP contribution >= 0.6 is 11.6 Å². The van der Waals surface area contributed by atoms with Gasteiger partial charge in [-0.3, -0.25) is 14.9 Å². The molecule has 0 aliphatic carbocycles. The number of hydrogen-bond acceptors (Lipinski definition) is 3. The van der Waals surface area contributed by atoms with E-state index < -0.39 is 5.82 Å². The Morgan fingerprint density at radius 1 is 1.17 bits per heavy atom. The number of carbonyl (C=O) groups excluding carboxylic acids is 1. The van der Waals surface area contributed by atoms with E-state index >= 15 is 0 Å². The predicted octanol–water partition coefficient (Wildman–Crippen LogP) is 3.84. The molecule has 0 fully saturated rings. The molecule has 0 aliphatic heterocycles. The lowest BCUT2D eigenvalue weighted by Gasteiger charge is -2.03. The number of anilines is 1. The number of nitrogens with one attached hydrogen (secondary N) is 2. The summed E-state index contributed by atoms with van der Waals surface area (Å²) in [5.74, 6) is -1.01. The summed E-state index contributed by atoms with van der Waals surface area (Å²) in [5, 5.41) is 9.55. The minimum atomic E-state index is -0.596. The quantitative estimate of drug-likeness (QED) is 0.738. The summed E-state index contributed by atoms with van der Waals surface area (Å²) in [4.78, 5) is 15.9. The molecule has 0 aliphatic rings. The Hall–Kier alpha value is -2.73. The third-order valence-corrected chi connectivity index (χ3v) is 3.74. The van der Waals surface area contributed by atoms with Crippen molar-refractivity contribution in [3.05, 3.63) is 65.2 Å². The van der Waals surface area contributed by atoms with E-state index in [2.05, 4.69) is 20.5 Å². The van der Waals surface area contributed by atoms with Crippen LogP contribution in [0.2, 0.25) is 5.02 Å². The fourth-order valence-corrected chi connectivity index (χ4v) is 2.35. The largest absolute Gasteiger partial charge is 0.307 e. The zero-order valence-corrected chi connectivity index (χ0v) is 13.3. The van der Waals surface area contributed by atoms with Gasteiger partial charge in [0.2, 0.25) is 5.91 Å². The Kier molecular flexibility index (Phi) is 4.86. The molecule has 0 unspecified atom stereocenters. The number of rotatable bonds is 5. The van der Waals surface area contributed by atoms with E-state index in [0.29, 0.717) is 17.0 Å². The zero-order chi connectivity index (χ0) is 16.9. The van der Waals surface area contributed by atoms with Crippen LogP contribution in [0.15, 0.2) is 48.8 Å². The van der Waals surface area contributed by atoms with Crippen molar-refractivity contribution in [3.8, 4) is 11.3 Å². The Labute approximate surface area is 142 Å². The van der Waals surface area contributed by atoms with E-state index in [1.807, 2.05) is 12.1 Å². The maximum Gasteiger partial charge on any atom is 0.225 e. The molecule has 5 nitrogen and oxygen atoms in total. The van der Waals surface area contributed by atoms with E-state index in [4.69, 9.17) is 11.6 Å². The van der Waals surface area contributed by atoms with Crippen LogP contribution in [-0.2, 0) is 11.2 Å². The van der Waals surface area contributed by atoms with Gasteiger partial charge in [0.05, 0.1) is 0 Å². The first-order valence-electron chi connectivity index (χ1n) is 7.32. The molecule has 122 valence electrons. The smallest absolute Gasteiger partial charge is 0.225 e. The number of carbonyl (C=O) groups is 1. The van der Waals surface area contributed by atoms with Crippen LogP contribution in [0.4, 0.5) is 10.2 Å². The minimum Gasteiger partial charge on any atom is -0.307 e. The summed E-state index contributed by atoms with van der Waals surface area (Å²) in [6.45, 7) is 0. The van der Waals surface area contributed by atoms with Gasteiger partial charge in [-0.25, -0.2) is 4.39 Å². The first-order valence-corrected chi connectivity index (χ1v) is 7.70. The van der Waals surface area contributed by atoms with Crippen LogP contribution in [0.1, 0.15) is 12.0 Å². The predicted molar refractivity (Wildman–Crippen MR) is 90.2 cm³/mol. The molecule has 0 saturated heterocycles. The summed E-state index contributed by atoms with van der Waals surface area (Å²) in [6.07, 6.45) is 3.87. The SMILES string of the molecule is O=C(CCc1ccc(Cl)cc1)Nc1n[nH]c(-c2ccncc2)c1F. The van der Waals surface area contributed by atoms with E-state index in [0.717, 1.165) is 5.56 Å². The number of amides is 1. The lowest BCUT2D eigenvalue weighted by atomic mass is 10.1. The second-order valence-electron chi connectivity index (χ2n) is 5.17. The molecule has 0 atom stereocenters. The number of halogens is 2. The van der Waals surface area contributed by atoms with Gasteiger partial charge in [0.15, 0.2) is 11.6 Å².